The molecule has 0 radical (unpaired) electrons. The van der Waals surface area contributed by atoms with Gasteiger partial charge < -0.3 is 9.84 Å². The first kappa shape index (κ1) is 18.5. The van der Waals surface area contributed by atoms with E-state index in [4.69, 9.17) is 4.74 Å². The van der Waals surface area contributed by atoms with Gasteiger partial charge in [-0.1, -0.05) is 85.0 Å². The van der Waals surface area contributed by atoms with Crippen molar-refractivity contribution in [3.05, 3.63) is 107 Å². The first-order chi connectivity index (χ1) is 13.3. The number of aromatic hydroxyl groups is 1. The third kappa shape index (κ3) is 5.35. The fourth-order valence-corrected chi connectivity index (χ4v) is 2.94. The summed E-state index contributed by atoms with van der Waals surface area (Å²) >= 11 is 0. The fourth-order valence-electron chi connectivity index (χ4n) is 2.94. The Hall–Kier alpha value is -3.26. The Balaban J connectivity index is 1.71. The van der Waals surface area contributed by atoms with Gasteiger partial charge in [-0.15, -0.1) is 0 Å². The number of phenols is 1. The van der Waals surface area contributed by atoms with Gasteiger partial charge in [0.2, 0.25) is 0 Å². The quantitative estimate of drug-likeness (QED) is 0.570. The zero-order valence-electron chi connectivity index (χ0n) is 15.5. The van der Waals surface area contributed by atoms with Crippen molar-refractivity contribution in [2.75, 3.05) is 7.11 Å². The smallest absolute Gasteiger partial charge is 0.122 e. The predicted octanol–water partition coefficient (Wildman–Crippen LogP) is 5.91. The molecule has 2 nitrogen and oxygen atoms in total. The van der Waals surface area contributed by atoms with E-state index in [1.165, 1.54) is 0 Å². The van der Waals surface area contributed by atoms with E-state index in [0.717, 1.165) is 28.0 Å². The number of phenolic OH excluding ortho intramolecular Hbond substituents is 1. The molecule has 3 aromatic rings. The molecule has 0 aromatic heterocycles. The van der Waals surface area contributed by atoms with Crippen LogP contribution in [0, 0.1) is 0 Å². The molecule has 2 heteroatoms. The van der Waals surface area contributed by atoms with E-state index in [9.17, 15) is 5.11 Å². The van der Waals surface area contributed by atoms with Crippen LogP contribution in [0.4, 0.5) is 0 Å². The SMILES string of the molecule is COc1cc(C/C=C/c2ccccc2)c(O)cc1C/C=C/c1ccccc1. The van der Waals surface area contributed by atoms with Crippen LogP contribution < -0.4 is 4.74 Å². The van der Waals surface area contributed by atoms with Gasteiger partial charge in [-0.3, -0.25) is 0 Å². The Morgan fingerprint density at radius 2 is 1.26 bits per heavy atom. The van der Waals surface area contributed by atoms with Crippen molar-refractivity contribution in [1.29, 1.82) is 0 Å². The first-order valence-corrected chi connectivity index (χ1v) is 9.08. The summed E-state index contributed by atoms with van der Waals surface area (Å²) < 4.78 is 5.54. The summed E-state index contributed by atoms with van der Waals surface area (Å²) in [5, 5.41) is 10.4. The molecule has 0 aliphatic carbocycles. The Morgan fingerprint density at radius 3 is 1.78 bits per heavy atom. The summed E-state index contributed by atoms with van der Waals surface area (Å²) in [6, 6.07) is 24.0. The number of methoxy groups -OCH3 is 1. The molecule has 0 saturated heterocycles. The molecule has 3 rings (SSSR count). The molecule has 0 atom stereocenters. The summed E-state index contributed by atoms with van der Waals surface area (Å²) in [6.45, 7) is 0. The molecule has 0 heterocycles. The van der Waals surface area contributed by atoms with Crippen molar-refractivity contribution in [3.8, 4) is 11.5 Å². The van der Waals surface area contributed by atoms with Gasteiger partial charge in [-0.2, -0.15) is 0 Å². The molecular formula is C25H24O2. The number of allylic oxidation sites excluding steroid dienone is 2. The maximum absolute atomic E-state index is 10.4. The molecule has 0 fully saturated rings. The molecule has 0 aliphatic heterocycles. The number of hydrogen-bond donors (Lipinski definition) is 1. The van der Waals surface area contributed by atoms with Crippen LogP contribution in [0.2, 0.25) is 0 Å². The van der Waals surface area contributed by atoms with Crippen LogP contribution in [0.5, 0.6) is 11.5 Å². The number of benzene rings is 3. The topological polar surface area (TPSA) is 29.5 Å². The van der Waals surface area contributed by atoms with E-state index in [-0.39, 0.29) is 0 Å². The van der Waals surface area contributed by atoms with Gasteiger partial charge in [-0.05, 0) is 36.1 Å². The molecule has 0 bridgehead atoms. The lowest BCUT2D eigenvalue weighted by molar-refractivity contribution is 0.406. The molecular weight excluding hydrogens is 332 g/mol. The lowest BCUT2D eigenvalue weighted by Gasteiger charge is -2.11. The molecule has 0 spiro atoms. The van der Waals surface area contributed by atoms with Crippen LogP contribution in [0.3, 0.4) is 0 Å². The van der Waals surface area contributed by atoms with Gasteiger partial charge in [0.05, 0.1) is 7.11 Å². The minimum absolute atomic E-state index is 0.302. The number of ether oxygens (including phenoxy) is 1. The van der Waals surface area contributed by atoms with Gasteiger partial charge in [0.25, 0.3) is 0 Å². The lowest BCUT2D eigenvalue weighted by atomic mass is 10.0. The standard InChI is InChI=1S/C25H24O2/c1-27-25-19-22(16-8-14-20-10-4-2-5-11-20)24(26)18-23(25)17-9-15-21-12-6-3-7-13-21/h2-15,18-19,26H,16-17H2,1H3/b14-8+,15-9+. The molecule has 3 aromatic carbocycles. The van der Waals surface area contributed by atoms with Gasteiger partial charge in [-0.25, -0.2) is 0 Å². The maximum Gasteiger partial charge on any atom is 0.122 e. The highest BCUT2D eigenvalue weighted by Crippen LogP contribution is 2.29. The minimum Gasteiger partial charge on any atom is -0.508 e. The highest BCUT2D eigenvalue weighted by Gasteiger charge is 2.08. The Labute approximate surface area is 161 Å². The van der Waals surface area contributed by atoms with Crippen molar-refractivity contribution in [2.45, 2.75) is 12.8 Å². The molecule has 0 saturated carbocycles. The second-order valence-corrected chi connectivity index (χ2v) is 6.33. The summed E-state index contributed by atoms with van der Waals surface area (Å²) in [5.74, 6) is 1.10. The van der Waals surface area contributed by atoms with E-state index in [2.05, 4.69) is 48.6 Å². The second kappa shape index (κ2) is 9.44. The Kier molecular flexibility index (Phi) is 6.48. The Bertz CT molecular complexity index is 910. The van der Waals surface area contributed by atoms with Crippen molar-refractivity contribution in [3.63, 3.8) is 0 Å². The van der Waals surface area contributed by atoms with Crippen LogP contribution in [0.25, 0.3) is 12.2 Å². The summed E-state index contributed by atoms with van der Waals surface area (Å²) in [5.41, 5.74) is 4.13. The van der Waals surface area contributed by atoms with Crippen LogP contribution in [-0.4, -0.2) is 12.2 Å². The summed E-state index contributed by atoms with van der Waals surface area (Å²) in [7, 11) is 1.67. The van der Waals surface area contributed by atoms with E-state index < -0.39 is 0 Å². The highest BCUT2D eigenvalue weighted by atomic mass is 16.5. The van der Waals surface area contributed by atoms with Crippen molar-refractivity contribution in [2.24, 2.45) is 0 Å². The van der Waals surface area contributed by atoms with Crippen molar-refractivity contribution in [1.82, 2.24) is 0 Å². The van der Waals surface area contributed by atoms with Gasteiger partial charge >= 0.3 is 0 Å². The normalized spacial score (nSPS) is 11.3. The van der Waals surface area contributed by atoms with Gasteiger partial charge in [0.15, 0.2) is 0 Å². The third-order valence-corrected chi connectivity index (χ3v) is 4.38. The van der Waals surface area contributed by atoms with Crippen molar-refractivity contribution >= 4 is 12.2 Å². The zero-order valence-corrected chi connectivity index (χ0v) is 15.5. The Morgan fingerprint density at radius 1 is 0.741 bits per heavy atom. The lowest BCUT2D eigenvalue weighted by Crippen LogP contribution is -1.94. The molecule has 136 valence electrons. The molecule has 0 amide bonds. The van der Waals surface area contributed by atoms with Gasteiger partial charge in [0.1, 0.15) is 11.5 Å². The minimum atomic E-state index is 0.302. The van der Waals surface area contributed by atoms with Crippen LogP contribution in [-0.2, 0) is 12.8 Å². The average Bonchev–Trinajstić information content (AvgIpc) is 2.71. The van der Waals surface area contributed by atoms with Crippen LogP contribution in [0.1, 0.15) is 22.3 Å². The average molecular weight is 356 g/mol. The maximum atomic E-state index is 10.4. The van der Waals surface area contributed by atoms with Gasteiger partial charge in [0, 0.05) is 11.1 Å². The monoisotopic (exact) mass is 356 g/mol. The van der Waals surface area contributed by atoms with E-state index >= 15 is 0 Å². The number of hydrogen-bond acceptors (Lipinski definition) is 2. The molecule has 1 N–H and O–H groups in total. The summed E-state index contributed by atoms with van der Waals surface area (Å²) in [6.07, 6.45) is 9.62. The first-order valence-electron chi connectivity index (χ1n) is 9.08. The predicted molar refractivity (Wildman–Crippen MR) is 113 cm³/mol. The van der Waals surface area contributed by atoms with Crippen LogP contribution >= 0.6 is 0 Å². The third-order valence-electron chi connectivity index (χ3n) is 4.38. The highest BCUT2D eigenvalue weighted by molar-refractivity contribution is 5.53. The summed E-state index contributed by atoms with van der Waals surface area (Å²) in [4.78, 5) is 0. The van der Waals surface area contributed by atoms with E-state index in [0.29, 0.717) is 18.6 Å². The molecule has 0 aliphatic rings. The number of rotatable bonds is 7. The van der Waals surface area contributed by atoms with Crippen molar-refractivity contribution < 1.29 is 9.84 Å². The largest absolute Gasteiger partial charge is 0.508 e. The second-order valence-electron chi connectivity index (χ2n) is 6.33. The molecule has 27 heavy (non-hydrogen) atoms. The van der Waals surface area contributed by atoms with E-state index in [1.807, 2.05) is 42.5 Å². The van der Waals surface area contributed by atoms with Crippen LogP contribution in [0.15, 0.2) is 84.9 Å². The van der Waals surface area contributed by atoms with E-state index in [1.54, 1.807) is 13.2 Å². The fraction of sp³-hybridized carbons (Fsp3) is 0.120. The zero-order chi connectivity index (χ0) is 18.9. The molecule has 0 unspecified atom stereocenters.